The molecule has 2 aromatic rings. The van der Waals surface area contributed by atoms with Crippen LogP contribution in [-0.2, 0) is 6.54 Å². The molecule has 0 fully saturated rings. The van der Waals surface area contributed by atoms with Crippen LogP contribution in [0.3, 0.4) is 0 Å². The fourth-order valence-corrected chi connectivity index (χ4v) is 2.05. The molecule has 1 aromatic heterocycles. The van der Waals surface area contributed by atoms with E-state index in [2.05, 4.69) is 10.3 Å². The number of nitriles is 1. The maximum absolute atomic E-state index is 12.9. The van der Waals surface area contributed by atoms with Crippen LogP contribution in [-0.4, -0.2) is 4.98 Å². The third-order valence-electron chi connectivity index (χ3n) is 2.23. The molecule has 1 N–H and O–H groups in total. The lowest BCUT2D eigenvalue weighted by atomic mass is 10.2. The van der Waals surface area contributed by atoms with E-state index < -0.39 is 5.82 Å². The summed E-state index contributed by atoms with van der Waals surface area (Å²) in [6.07, 6.45) is 0. The van der Waals surface area contributed by atoms with Crippen molar-refractivity contribution in [1.29, 1.82) is 5.26 Å². The maximum atomic E-state index is 12.9. The lowest BCUT2D eigenvalue weighted by molar-refractivity contribution is 0.627. The Bertz CT molecular complexity index is 571. The Balaban J connectivity index is 2.12. The Kier molecular flexibility index (Phi) is 3.35. The third-order valence-corrected chi connectivity index (χ3v) is 3.05. The van der Waals surface area contributed by atoms with Gasteiger partial charge in [-0.15, -0.1) is 11.3 Å². The zero-order chi connectivity index (χ0) is 12.3. The molecule has 0 amide bonds. The van der Waals surface area contributed by atoms with Crippen LogP contribution in [0.25, 0.3) is 0 Å². The normalized spacial score (nSPS) is 9.94. The second kappa shape index (κ2) is 4.93. The van der Waals surface area contributed by atoms with E-state index in [1.54, 1.807) is 17.4 Å². The second-order valence-electron chi connectivity index (χ2n) is 3.51. The average Bonchev–Trinajstić information content (AvgIpc) is 2.73. The highest BCUT2D eigenvalue weighted by molar-refractivity contribution is 7.09. The number of benzene rings is 1. The molecular formula is C12H10FN3S. The summed E-state index contributed by atoms with van der Waals surface area (Å²) in [5.41, 5.74) is 1.84. The van der Waals surface area contributed by atoms with Crippen LogP contribution in [0.1, 0.15) is 16.3 Å². The van der Waals surface area contributed by atoms with Crippen molar-refractivity contribution in [1.82, 2.24) is 4.98 Å². The lowest BCUT2D eigenvalue weighted by Gasteiger charge is -2.06. The number of aromatic nitrogens is 1. The number of thiazole rings is 1. The van der Waals surface area contributed by atoms with Gasteiger partial charge in [-0.3, -0.25) is 0 Å². The van der Waals surface area contributed by atoms with Gasteiger partial charge in [0.2, 0.25) is 0 Å². The molecule has 0 radical (unpaired) electrons. The molecule has 1 heterocycles. The molecule has 0 saturated heterocycles. The van der Waals surface area contributed by atoms with Gasteiger partial charge in [0, 0.05) is 5.38 Å². The first-order chi connectivity index (χ1) is 8.19. The Morgan fingerprint density at radius 2 is 2.35 bits per heavy atom. The molecule has 0 atom stereocenters. The Hall–Kier alpha value is -1.93. The van der Waals surface area contributed by atoms with Crippen molar-refractivity contribution in [3.05, 3.63) is 45.7 Å². The zero-order valence-corrected chi connectivity index (χ0v) is 10.0. The monoisotopic (exact) mass is 247 g/mol. The molecule has 86 valence electrons. The van der Waals surface area contributed by atoms with Gasteiger partial charge in [0.05, 0.1) is 28.5 Å². The lowest BCUT2D eigenvalue weighted by Crippen LogP contribution is -2.01. The SMILES string of the molecule is Cc1nc(CNc2ccc(F)cc2C#N)cs1. The van der Waals surface area contributed by atoms with E-state index >= 15 is 0 Å². The minimum Gasteiger partial charge on any atom is -0.378 e. The minimum atomic E-state index is -0.406. The van der Waals surface area contributed by atoms with Crippen LogP contribution in [0.4, 0.5) is 10.1 Å². The first kappa shape index (κ1) is 11.6. The Morgan fingerprint density at radius 3 is 3.00 bits per heavy atom. The van der Waals surface area contributed by atoms with Gasteiger partial charge in [-0.1, -0.05) is 0 Å². The maximum Gasteiger partial charge on any atom is 0.124 e. The minimum absolute atomic E-state index is 0.303. The predicted octanol–water partition coefficient (Wildman–Crippen LogP) is 3.07. The summed E-state index contributed by atoms with van der Waals surface area (Å²) in [5.74, 6) is -0.406. The summed E-state index contributed by atoms with van der Waals surface area (Å²) in [4.78, 5) is 4.30. The summed E-state index contributed by atoms with van der Waals surface area (Å²) in [6.45, 7) is 2.47. The third kappa shape index (κ3) is 2.80. The molecule has 5 heteroatoms. The van der Waals surface area contributed by atoms with Crippen molar-refractivity contribution < 1.29 is 4.39 Å². The van der Waals surface area contributed by atoms with Gasteiger partial charge in [0.15, 0.2) is 0 Å². The molecule has 2 rings (SSSR count). The molecule has 17 heavy (non-hydrogen) atoms. The summed E-state index contributed by atoms with van der Waals surface area (Å²) in [6, 6.07) is 6.07. The second-order valence-corrected chi connectivity index (χ2v) is 4.58. The number of nitrogens with one attached hydrogen (secondary N) is 1. The van der Waals surface area contributed by atoms with E-state index in [4.69, 9.17) is 5.26 Å². The average molecular weight is 247 g/mol. The molecule has 0 aliphatic carbocycles. The van der Waals surface area contributed by atoms with Crippen LogP contribution in [0.5, 0.6) is 0 Å². The quantitative estimate of drug-likeness (QED) is 0.906. The number of nitrogens with zero attached hydrogens (tertiary/aromatic N) is 2. The molecule has 0 spiro atoms. The summed E-state index contributed by atoms with van der Waals surface area (Å²) in [7, 11) is 0. The highest BCUT2D eigenvalue weighted by atomic mass is 32.1. The van der Waals surface area contributed by atoms with Gasteiger partial charge >= 0.3 is 0 Å². The van der Waals surface area contributed by atoms with Gasteiger partial charge in [0.1, 0.15) is 11.9 Å². The molecule has 0 unspecified atom stereocenters. The topological polar surface area (TPSA) is 48.7 Å². The molecule has 1 aromatic carbocycles. The van der Waals surface area contributed by atoms with Crippen molar-refractivity contribution in [2.24, 2.45) is 0 Å². The van der Waals surface area contributed by atoms with E-state index in [1.807, 2.05) is 18.4 Å². The summed E-state index contributed by atoms with van der Waals surface area (Å²) in [5, 5.41) is 14.9. The summed E-state index contributed by atoms with van der Waals surface area (Å²) < 4.78 is 12.9. The van der Waals surface area contributed by atoms with E-state index in [1.165, 1.54) is 12.1 Å². The number of halogens is 1. The number of aryl methyl sites for hydroxylation is 1. The number of hydrogen-bond acceptors (Lipinski definition) is 4. The molecule has 0 bridgehead atoms. The van der Waals surface area contributed by atoms with Crippen molar-refractivity contribution in [2.75, 3.05) is 5.32 Å². The molecule has 3 nitrogen and oxygen atoms in total. The van der Waals surface area contributed by atoms with Gasteiger partial charge in [-0.25, -0.2) is 9.37 Å². The van der Waals surface area contributed by atoms with E-state index in [-0.39, 0.29) is 0 Å². The number of hydrogen-bond donors (Lipinski definition) is 1. The predicted molar refractivity (Wildman–Crippen MR) is 65.3 cm³/mol. The van der Waals surface area contributed by atoms with E-state index in [0.717, 1.165) is 10.7 Å². The van der Waals surface area contributed by atoms with Crippen LogP contribution < -0.4 is 5.32 Å². The van der Waals surface area contributed by atoms with Crippen molar-refractivity contribution in [3.63, 3.8) is 0 Å². The van der Waals surface area contributed by atoms with Gasteiger partial charge < -0.3 is 5.32 Å². The molecular weight excluding hydrogens is 237 g/mol. The smallest absolute Gasteiger partial charge is 0.124 e. The largest absolute Gasteiger partial charge is 0.378 e. The Morgan fingerprint density at radius 1 is 1.53 bits per heavy atom. The molecule has 0 saturated carbocycles. The highest BCUT2D eigenvalue weighted by Crippen LogP contribution is 2.17. The van der Waals surface area contributed by atoms with Gasteiger partial charge in [0.25, 0.3) is 0 Å². The summed E-state index contributed by atoms with van der Waals surface area (Å²) >= 11 is 1.58. The van der Waals surface area contributed by atoms with Gasteiger partial charge in [-0.05, 0) is 25.1 Å². The van der Waals surface area contributed by atoms with Crippen molar-refractivity contribution in [3.8, 4) is 6.07 Å². The van der Waals surface area contributed by atoms with E-state index in [0.29, 0.717) is 17.8 Å². The van der Waals surface area contributed by atoms with Crippen molar-refractivity contribution >= 4 is 17.0 Å². The number of anilines is 1. The standard InChI is InChI=1S/C12H10FN3S/c1-8-16-11(7-17-8)6-15-12-3-2-10(13)4-9(12)5-14/h2-4,7,15H,6H2,1H3. The highest BCUT2D eigenvalue weighted by Gasteiger charge is 2.04. The van der Waals surface area contributed by atoms with Crippen LogP contribution in [0.2, 0.25) is 0 Å². The first-order valence-electron chi connectivity index (χ1n) is 5.03. The van der Waals surface area contributed by atoms with Crippen molar-refractivity contribution in [2.45, 2.75) is 13.5 Å². The number of rotatable bonds is 3. The molecule has 0 aliphatic rings. The van der Waals surface area contributed by atoms with E-state index in [9.17, 15) is 4.39 Å². The first-order valence-corrected chi connectivity index (χ1v) is 5.91. The van der Waals surface area contributed by atoms with Crippen LogP contribution in [0.15, 0.2) is 23.6 Å². The fourth-order valence-electron chi connectivity index (χ4n) is 1.44. The van der Waals surface area contributed by atoms with Gasteiger partial charge in [-0.2, -0.15) is 5.26 Å². The van der Waals surface area contributed by atoms with Crippen LogP contribution >= 0.6 is 11.3 Å². The van der Waals surface area contributed by atoms with Crippen LogP contribution in [0, 0.1) is 24.1 Å². The fraction of sp³-hybridized carbons (Fsp3) is 0.167. The molecule has 0 aliphatic heterocycles. The zero-order valence-electron chi connectivity index (χ0n) is 9.20. The Labute approximate surface area is 103 Å².